The fraction of sp³-hybridized carbons (Fsp3) is 0.267. The molecule has 1 atom stereocenters. The molecule has 0 spiro atoms. The van der Waals surface area contributed by atoms with E-state index in [1.165, 1.54) is 23.5 Å². The Hall–Kier alpha value is -1.73. The lowest BCUT2D eigenvalue weighted by molar-refractivity contribution is -0.137. The van der Waals surface area contributed by atoms with Crippen molar-refractivity contribution in [1.29, 1.82) is 0 Å². The van der Waals surface area contributed by atoms with Gasteiger partial charge in [-0.25, -0.2) is 4.79 Å². The summed E-state index contributed by atoms with van der Waals surface area (Å²) in [6.45, 7) is 1.81. The third-order valence-electron chi connectivity index (χ3n) is 3.08. The predicted octanol–water partition coefficient (Wildman–Crippen LogP) is 4.98. The van der Waals surface area contributed by atoms with Gasteiger partial charge in [-0.1, -0.05) is 23.7 Å². The summed E-state index contributed by atoms with van der Waals surface area (Å²) in [6.07, 6.45) is -4.40. The quantitative estimate of drug-likeness (QED) is 0.791. The molecule has 2 rings (SSSR count). The van der Waals surface area contributed by atoms with Crippen LogP contribution < -0.4 is 10.6 Å². The molecule has 1 heterocycles. The molecule has 0 fully saturated rings. The summed E-state index contributed by atoms with van der Waals surface area (Å²) in [5.74, 6) is 0. The number of amides is 2. The van der Waals surface area contributed by atoms with Crippen LogP contribution in [-0.4, -0.2) is 6.03 Å². The Morgan fingerprint density at radius 3 is 2.65 bits per heavy atom. The van der Waals surface area contributed by atoms with Crippen molar-refractivity contribution >= 4 is 29.0 Å². The predicted molar refractivity (Wildman–Crippen MR) is 84.6 cm³/mol. The second kappa shape index (κ2) is 7.23. The van der Waals surface area contributed by atoms with Gasteiger partial charge < -0.3 is 10.6 Å². The molecular weight excluding hydrogens is 349 g/mol. The molecule has 0 aliphatic rings. The van der Waals surface area contributed by atoms with Gasteiger partial charge in [0, 0.05) is 11.4 Å². The first kappa shape index (κ1) is 17.6. The smallest absolute Gasteiger partial charge is 0.334 e. The highest BCUT2D eigenvalue weighted by atomic mass is 35.5. The van der Waals surface area contributed by atoms with Crippen LogP contribution in [0.25, 0.3) is 0 Å². The Labute approximate surface area is 140 Å². The zero-order valence-corrected chi connectivity index (χ0v) is 13.6. The van der Waals surface area contributed by atoms with E-state index in [1.807, 2.05) is 6.07 Å². The fourth-order valence-electron chi connectivity index (χ4n) is 1.92. The van der Waals surface area contributed by atoms with E-state index in [9.17, 15) is 18.0 Å². The number of benzene rings is 1. The number of carbonyl (C=O) groups is 1. The first-order valence-corrected chi connectivity index (χ1v) is 7.91. The van der Waals surface area contributed by atoms with Gasteiger partial charge in [-0.05, 0) is 36.8 Å². The molecule has 23 heavy (non-hydrogen) atoms. The van der Waals surface area contributed by atoms with Crippen LogP contribution in [0.1, 0.15) is 29.0 Å². The number of rotatable bonds is 4. The van der Waals surface area contributed by atoms with Gasteiger partial charge in [0.2, 0.25) is 0 Å². The number of nitrogens with one attached hydrogen (secondary N) is 2. The first-order chi connectivity index (χ1) is 10.8. The van der Waals surface area contributed by atoms with Gasteiger partial charge in [0.15, 0.2) is 0 Å². The zero-order valence-electron chi connectivity index (χ0n) is 12.1. The summed E-state index contributed by atoms with van der Waals surface area (Å²) >= 11 is 7.19. The van der Waals surface area contributed by atoms with Gasteiger partial charge in [-0.3, -0.25) is 0 Å². The Bertz CT molecular complexity index is 687. The minimum absolute atomic E-state index is 0.00761. The summed E-state index contributed by atoms with van der Waals surface area (Å²) < 4.78 is 38.5. The lowest BCUT2D eigenvalue weighted by Crippen LogP contribution is -2.36. The average Bonchev–Trinajstić information content (AvgIpc) is 2.91. The topological polar surface area (TPSA) is 41.1 Å². The Morgan fingerprint density at radius 2 is 2.04 bits per heavy atom. The zero-order chi connectivity index (χ0) is 17.0. The second-order valence-corrected chi connectivity index (χ2v) is 6.64. The molecule has 0 saturated heterocycles. The van der Waals surface area contributed by atoms with Gasteiger partial charge in [0.25, 0.3) is 0 Å². The maximum atomic E-state index is 12.6. The number of halogens is 4. The van der Waals surface area contributed by atoms with Crippen LogP contribution in [0.4, 0.5) is 18.0 Å². The third-order valence-corrected chi connectivity index (χ3v) is 4.49. The van der Waals surface area contributed by atoms with Crippen molar-refractivity contribution in [2.24, 2.45) is 0 Å². The number of hydrogen-bond acceptors (Lipinski definition) is 2. The van der Waals surface area contributed by atoms with Gasteiger partial charge >= 0.3 is 12.2 Å². The molecule has 0 bridgehead atoms. The van der Waals surface area contributed by atoms with Crippen LogP contribution in [0.2, 0.25) is 4.34 Å². The number of hydrogen-bond donors (Lipinski definition) is 2. The van der Waals surface area contributed by atoms with Crippen LogP contribution >= 0.6 is 22.9 Å². The van der Waals surface area contributed by atoms with E-state index in [0.29, 0.717) is 9.90 Å². The summed E-state index contributed by atoms with van der Waals surface area (Å²) in [4.78, 5) is 12.7. The van der Waals surface area contributed by atoms with E-state index in [0.717, 1.165) is 17.0 Å². The maximum Gasteiger partial charge on any atom is 0.416 e. The molecule has 0 radical (unpaired) electrons. The summed E-state index contributed by atoms with van der Waals surface area (Å²) in [7, 11) is 0. The normalized spacial score (nSPS) is 12.7. The molecule has 2 amide bonds. The van der Waals surface area contributed by atoms with Crippen LogP contribution in [0, 0.1) is 0 Å². The van der Waals surface area contributed by atoms with Crippen LogP contribution in [0.15, 0.2) is 36.4 Å². The average molecular weight is 363 g/mol. The van der Waals surface area contributed by atoms with Gasteiger partial charge in [-0.15, -0.1) is 11.3 Å². The van der Waals surface area contributed by atoms with E-state index >= 15 is 0 Å². The molecule has 124 valence electrons. The lowest BCUT2D eigenvalue weighted by atomic mass is 10.1. The third kappa shape index (κ3) is 5.14. The minimum atomic E-state index is -4.40. The Balaban J connectivity index is 1.89. The summed E-state index contributed by atoms with van der Waals surface area (Å²) in [6, 6.07) is 7.69. The molecular formula is C15H14ClF3N2OS. The largest absolute Gasteiger partial charge is 0.416 e. The van der Waals surface area contributed by atoms with Crippen molar-refractivity contribution in [3.63, 3.8) is 0 Å². The first-order valence-electron chi connectivity index (χ1n) is 6.71. The Morgan fingerprint density at radius 1 is 1.30 bits per heavy atom. The summed E-state index contributed by atoms with van der Waals surface area (Å²) in [5, 5.41) is 5.24. The van der Waals surface area contributed by atoms with Crippen LogP contribution in [0.5, 0.6) is 0 Å². The van der Waals surface area contributed by atoms with Crippen molar-refractivity contribution < 1.29 is 18.0 Å². The van der Waals surface area contributed by atoms with E-state index in [2.05, 4.69) is 10.6 Å². The van der Waals surface area contributed by atoms with Gasteiger partial charge in [-0.2, -0.15) is 13.2 Å². The monoisotopic (exact) mass is 362 g/mol. The standard InChI is InChI=1S/C15H14ClF3N2OS/c1-9(12-5-6-13(16)23-12)21-14(22)20-8-10-3-2-4-11(7-10)15(17,18)19/h2-7,9H,8H2,1H3,(H2,20,21,22). The summed E-state index contributed by atoms with van der Waals surface area (Å²) in [5.41, 5.74) is -0.361. The van der Waals surface area contributed by atoms with Crippen molar-refractivity contribution in [3.8, 4) is 0 Å². The Kier molecular flexibility index (Phi) is 5.54. The van der Waals surface area contributed by atoms with Gasteiger partial charge in [0.05, 0.1) is 15.9 Å². The van der Waals surface area contributed by atoms with Crippen molar-refractivity contribution in [2.45, 2.75) is 25.7 Å². The highest BCUT2D eigenvalue weighted by molar-refractivity contribution is 7.16. The highest BCUT2D eigenvalue weighted by Gasteiger charge is 2.30. The van der Waals surface area contributed by atoms with Gasteiger partial charge in [0.1, 0.15) is 0 Å². The van der Waals surface area contributed by atoms with Crippen molar-refractivity contribution in [3.05, 3.63) is 56.7 Å². The van der Waals surface area contributed by atoms with Crippen LogP contribution in [-0.2, 0) is 12.7 Å². The highest BCUT2D eigenvalue weighted by Crippen LogP contribution is 2.29. The molecule has 0 aliphatic heterocycles. The SMILES string of the molecule is CC(NC(=O)NCc1cccc(C(F)(F)F)c1)c1ccc(Cl)s1. The van der Waals surface area contributed by atoms with Crippen molar-refractivity contribution in [2.75, 3.05) is 0 Å². The molecule has 8 heteroatoms. The van der Waals surface area contributed by atoms with E-state index in [4.69, 9.17) is 11.6 Å². The minimum Gasteiger partial charge on any atom is -0.334 e. The lowest BCUT2D eigenvalue weighted by Gasteiger charge is -2.14. The number of urea groups is 1. The van der Waals surface area contributed by atoms with E-state index in [-0.39, 0.29) is 12.6 Å². The molecule has 0 aliphatic carbocycles. The van der Waals surface area contributed by atoms with E-state index in [1.54, 1.807) is 13.0 Å². The number of thiophene rings is 1. The molecule has 2 aromatic rings. The fourth-order valence-corrected chi connectivity index (χ4v) is 2.98. The molecule has 1 unspecified atom stereocenters. The molecule has 2 N–H and O–H groups in total. The molecule has 1 aromatic carbocycles. The second-order valence-electron chi connectivity index (χ2n) is 4.89. The molecule has 3 nitrogen and oxygen atoms in total. The van der Waals surface area contributed by atoms with E-state index < -0.39 is 17.8 Å². The van der Waals surface area contributed by atoms with Crippen LogP contribution in [0.3, 0.4) is 0 Å². The molecule has 1 aromatic heterocycles. The van der Waals surface area contributed by atoms with Crippen molar-refractivity contribution in [1.82, 2.24) is 10.6 Å². The molecule has 0 saturated carbocycles. The maximum absolute atomic E-state index is 12.6. The number of carbonyl (C=O) groups excluding carboxylic acids is 1. The number of alkyl halides is 3.